The molecular weight excluding hydrogens is 304 g/mol. The van der Waals surface area contributed by atoms with E-state index in [0.29, 0.717) is 11.5 Å². The molecule has 88 valence electrons. The number of hydrogen-bond acceptors (Lipinski definition) is 5. The largest absolute Gasteiger partial charge is 0.383 e. The summed E-state index contributed by atoms with van der Waals surface area (Å²) in [7, 11) is 0. The summed E-state index contributed by atoms with van der Waals surface area (Å²) >= 11 is 4.85. The normalized spacial score (nSPS) is 10.5. The summed E-state index contributed by atoms with van der Waals surface area (Å²) in [5.41, 5.74) is 11.6. The third-order valence-electron chi connectivity index (χ3n) is 2.16. The molecule has 2 aromatic heterocycles. The van der Waals surface area contributed by atoms with Crippen LogP contribution < -0.4 is 11.5 Å². The van der Waals surface area contributed by atoms with Crippen LogP contribution >= 0.6 is 27.3 Å². The number of thiophene rings is 1. The molecule has 0 fully saturated rings. The van der Waals surface area contributed by atoms with Gasteiger partial charge in [-0.1, -0.05) is 0 Å². The first-order valence-electron chi connectivity index (χ1n) is 4.68. The van der Waals surface area contributed by atoms with Crippen LogP contribution in [0.3, 0.4) is 0 Å². The predicted octanol–water partition coefficient (Wildman–Crippen LogP) is 1.96. The predicted molar refractivity (Wildman–Crippen MR) is 70.7 cm³/mol. The van der Waals surface area contributed by atoms with Crippen molar-refractivity contribution in [3.05, 3.63) is 27.2 Å². The molecule has 0 unspecified atom stereocenters. The molecule has 0 bridgehead atoms. The smallest absolute Gasteiger partial charge is 0.254 e. The Morgan fingerprint density at radius 2 is 2.12 bits per heavy atom. The maximum Gasteiger partial charge on any atom is 0.254 e. The molecule has 0 saturated carbocycles. The summed E-state index contributed by atoms with van der Waals surface area (Å²) in [5, 5.41) is 0. The number of nitrogens with two attached hydrogens (primary N) is 2. The molecule has 0 aromatic carbocycles. The zero-order chi connectivity index (χ0) is 12.6. The fraction of sp³-hybridized carbons (Fsp3) is 0.100. The van der Waals surface area contributed by atoms with Crippen LogP contribution in [-0.4, -0.2) is 15.9 Å². The number of primary amides is 1. The van der Waals surface area contributed by atoms with Crippen molar-refractivity contribution in [2.45, 2.75) is 6.92 Å². The van der Waals surface area contributed by atoms with Gasteiger partial charge >= 0.3 is 0 Å². The zero-order valence-corrected chi connectivity index (χ0v) is 11.3. The number of anilines is 1. The second-order valence-corrected chi connectivity index (χ2v) is 5.82. The maximum atomic E-state index is 11.2. The lowest BCUT2D eigenvalue weighted by molar-refractivity contribution is 0.1000. The third kappa shape index (κ3) is 2.29. The number of nitrogen functional groups attached to an aromatic ring is 1. The van der Waals surface area contributed by atoms with E-state index in [1.54, 1.807) is 6.92 Å². The number of aromatic nitrogens is 2. The second-order valence-electron chi connectivity index (χ2n) is 3.36. The van der Waals surface area contributed by atoms with Crippen molar-refractivity contribution in [1.29, 1.82) is 0 Å². The van der Waals surface area contributed by atoms with Gasteiger partial charge in [0.05, 0.1) is 14.4 Å². The van der Waals surface area contributed by atoms with Gasteiger partial charge in [-0.25, -0.2) is 9.97 Å². The van der Waals surface area contributed by atoms with Gasteiger partial charge in [-0.05, 0) is 35.0 Å². The molecule has 2 rings (SSSR count). The summed E-state index contributed by atoms with van der Waals surface area (Å²) in [6, 6.07) is 3.78. The first-order valence-corrected chi connectivity index (χ1v) is 6.29. The van der Waals surface area contributed by atoms with Gasteiger partial charge in [-0.2, -0.15) is 0 Å². The molecule has 1 amide bonds. The van der Waals surface area contributed by atoms with Crippen molar-refractivity contribution >= 4 is 39.0 Å². The van der Waals surface area contributed by atoms with Crippen LogP contribution in [0.4, 0.5) is 5.82 Å². The van der Waals surface area contributed by atoms with Crippen LogP contribution in [0.1, 0.15) is 16.1 Å². The van der Waals surface area contributed by atoms with Gasteiger partial charge in [0.25, 0.3) is 5.91 Å². The van der Waals surface area contributed by atoms with Crippen molar-refractivity contribution in [3.63, 3.8) is 0 Å². The summed E-state index contributed by atoms with van der Waals surface area (Å²) in [6.07, 6.45) is 0. The van der Waals surface area contributed by atoms with Crippen LogP contribution in [0.2, 0.25) is 0 Å². The lowest BCUT2D eigenvalue weighted by Gasteiger charge is -2.06. The summed E-state index contributed by atoms with van der Waals surface area (Å²) in [4.78, 5) is 20.4. The Morgan fingerprint density at radius 1 is 1.41 bits per heavy atom. The number of hydrogen-bond donors (Lipinski definition) is 2. The molecule has 0 aliphatic rings. The number of halogens is 1. The summed E-state index contributed by atoms with van der Waals surface area (Å²) in [6.45, 7) is 1.68. The standard InChI is InChI=1S/C10H9BrN4OS/c1-4-7(9(13)16)8(12)15-10(14-4)5-2-3-6(11)17-5/h2-3H,1H3,(H2,13,16)(H2,12,14,15). The molecule has 0 aliphatic carbocycles. The molecule has 4 N–H and O–H groups in total. The number of carbonyl (C=O) groups is 1. The second kappa shape index (κ2) is 4.42. The molecule has 0 radical (unpaired) electrons. The van der Waals surface area contributed by atoms with Gasteiger partial charge in [-0.3, -0.25) is 4.79 Å². The monoisotopic (exact) mass is 312 g/mol. The minimum absolute atomic E-state index is 0.115. The van der Waals surface area contributed by atoms with Gasteiger partial charge in [0, 0.05) is 0 Å². The van der Waals surface area contributed by atoms with Gasteiger partial charge in [0.15, 0.2) is 5.82 Å². The molecule has 5 nitrogen and oxygen atoms in total. The van der Waals surface area contributed by atoms with E-state index >= 15 is 0 Å². The van der Waals surface area contributed by atoms with Crippen molar-refractivity contribution in [2.24, 2.45) is 5.73 Å². The van der Waals surface area contributed by atoms with Crippen LogP contribution in [0.25, 0.3) is 10.7 Å². The first kappa shape index (κ1) is 12.0. The highest BCUT2D eigenvalue weighted by molar-refractivity contribution is 9.11. The van der Waals surface area contributed by atoms with Crippen molar-refractivity contribution < 1.29 is 4.79 Å². The quantitative estimate of drug-likeness (QED) is 0.886. The van der Waals surface area contributed by atoms with E-state index in [0.717, 1.165) is 8.66 Å². The Kier molecular flexibility index (Phi) is 3.12. The van der Waals surface area contributed by atoms with Crippen LogP contribution in [0.15, 0.2) is 15.9 Å². The number of nitrogens with zero attached hydrogens (tertiary/aromatic N) is 2. The Bertz CT molecular complexity index is 573. The highest BCUT2D eigenvalue weighted by atomic mass is 79.9. The van der Waals surface area contributed by atoms with Crippen LogP contribution in [0, 0.1) is 6.92 Å². The molecule has 2 aromatic rings. The van der Waals surface area contributed by atoms with Crippen molar-refractivity contribution in [3.8, 4) is 10.7 Å². The molecular formula is C10H9BrN4OS. The molecule has 2 heterocycles. The van der Waals surface area contributed by atoms with E-state index in [9.17, 15) is 4.79 Å². The van der Waals surface area contributed by atoms with E-state index in [-0.39, 0.29) is 11.4 Å². The van der Waals surface area contributed by atoms with E-state index in [4.69, 9.17) is 11.5 Å². The van der Waals surface area contributed by atoms with E-state index in [1.807, 2.05) is 12.1 Å². The Hall–Kier alpha value is -1.47. The average Bonchev–Trinajstić information content (AvgIpc) is 2.63. The molecule has 17 heavy (non-hydrogen) atoms. The van der Waals surface area contributed by atoms with E-state index < -0.39 is 5.91 Å². The van der Waals surface area contributed by atoms with E-state index in [2.05, 4.69) is 25.9 Å². The molecule has 0 spiro atoms. The van der Waals surface area contributed by atoms with Crippen LogP contribution in [-0.2, 0) is 0 Å². The lowest BCUT2D eigenvalue weighted by atomic mass is 10.2. The minimum Gasteiger partial charge on any atom is -0.383 e. The van der Waals surface area contributed by atoms with Crippen molar-refractivity contribution in [2.75, 3.05) is 5.73 Å². The molecule has 0 atom stereocenters. The number of carbonyl (C=O) groups excluding carboxylic acids is 1. The SMILES string of the molecule is Cc1nc(-c2ccc(Br)s2)nc(N)c1C(N)=O. The summed E-state index contributed by atoms with van der Waals surface area (Å²) < 4.78 is 0.978. The van der Waals surface area contributed by atoms with Gasteiger partial charge in [0.1, 0.15) is 11.4 Å². The van der Waals surface area contributed by atoms with Crippen molar-refractivity contribution in [1.82, 2.24) is 9.97 Å². The molecule has 0 aliphatic heterocycles. The Morgan fingerprint density at radius 3 is 2.59 bits per heavy atom. The highest BCUT2D eigenvalue weighted by Crippen LogP contribution is 2.30. The zero-order valence-electron chi connectivity index (χ0n) is 8.90. The number of rotatable bonds is 2. The summed E-state index contributed by atoms with van der Waals surface area (Å²) in [5.74, 6) is 0.00383. The highest BCUT2D eigenvalue weighted by Gasteiger charge is 2.15. The van der Waals surface area contributed by atoms with Gasteiger partial charge < -0.3 is 11.5 Å². The minimum atomic E-state index is -0.612. The average molecular weight is 313 g/mol. The molecule has 0 saturated heterocycles. The maximum absolute atomic E-state index is 11.2. The topological polar surface area (TPSA) is 94.9 Å². The lowest BCUT2D eigenvalue weighted by Crippen LogP contribution is -2.17. The van der Waals surface area contributed by atoms with E-state index in [1.165, 1.54) is 11.3 Å². The van der Waals surface area contributed by atoms with Gasteiger partial charge in [0.2, 0.25) is 0 Å². The molecule has 7 heteroatoms. The fourth-order valence-corrected chi connectivity index (χ4v) is 2.76. The number of amides is 1. The fourth-order valence-electron chi connectivity index (χ4n) is 1.44. The first-order chi connectivity index (χ1) is 7.99. The third-order valence-corrected chi connectivity index (χ3v) is 3.78. The Balaban J connectivity index is 2.56. The van der Waals surface area contributed by atoms with Crippen LogP contribution in [0.5, 0.6) is 0 Å². The van der Waals surface area contributed by atoms with Gasteiger partial charge in [-0.15, -0.1) is 11.3 Å². The Labute approximate surface area is 110 Å². The number of aryl methyl sites for hydroxylation is 1.